The van der Waals surface area contributed by atoms with E-state index in [1.807, 2.05) is 0 Å². The Labute approximate surface area is 132 Å². The van der Waals surface area contributed by atoms with Gasteiger partial charge in [0.25, 0.3) is 0 Å². The van der Waals surface area contributed by atoms with E-state index in [1.54, 1.807) is 26.8 Å². The third-order valence-corrected chi connectivity index (χ3v) is 3.18. The van der Waals surface area contributed by atoms with Gasteiger partial charge in [-0.05, 0) is 48.8 Å². The largest absolute Gasteiger partial charge is 0.573 e. The summed E-state index contributed by atoms with van der Waals surface area (Å²) in [6, 6.07) is 4.18. The summed E-state index contributed by atoms with van der Waals surface area (Å²) in [6.07, 6.45) is -4.06. The Balaban J connectivity index is 2.46. The van der Waals surface area contributed by atoms with E-state index in [1.165, 1.54) is 12.3 Å². The van der Waals surface area contributed by atoms with E-state index in [-0.39, 0.29) is 9.99 Å². The second-order valence-corrected chi connectivity index (χ2v) is 6.41. The van der Waals surface area contributed by atoms with Crippen molar-refractivity contribution in [1.29, 1.82) is 0 Å². The third-order valence-electron chi connectivity index (χ3n) is 2.56. The van der Waals surface area contributed by atoms with Crippen molar-refractivity contribution >= 4 is 32.9 Å². The lowest BCUT2D eigenvalue weighted by molar-refractivity contribution is -0.274. The fraction of sp³-hybridized carbons (Fsp3) is 0.357. The van der Waals surface area contributed by atoms with Gasteiger partial charge in [0.2, 0.25) is 0 Å². The lowest BCUT2D eigenvalue weighted by Crippen LogP contribution is -2.26. The number of benzene rings is 1. The van der Waals surface area contributed by atoms with Gasteiger partial charge in [-0.1, -0.05) is 0 Å². The van der Waals surface area contributed by atoms with Crippen molar-refractivity contribution in [2.24, 2.45) is 0 Å². The van der Waals surface area contributed by atoms with Crippen molar-refractivity contribution in [3.05, 3.63) is 28.9 Å². The molecular formula is C14H13BrF3NO3. The molecule has 0 aliphatic carbocycles. The summed E-state index contributed by atoms with van der Waals surface area (Å²) in [4.78, 5) is 12.1. The number of hydrogen-bond donors (Lipinski definition) is 0. The van der Waals surface area contributed by atoms with E-state index in [0.717, 1.165) is 10.6 Å². The number of carbonyl (C=O) groups excluding carboxylic acids is 1. The molecule has 2 aromatic rings. The molecule has 0 atom stereocenters. The van der Waals surface area contributed by atoms with Crippen LogP contribution in [0, 0.1) is 0 Å². The molecule has 22 heavy (non-hydrogen) atoms. The van der Waals surface area contributed by atoms with Crippen LogP contribution in [0.15, 0.2) is 28.9 Å². The summed E-state index contributed by atoms with van der Waals surface area (Å²) in [6.45, 7) is 5.10. The molecule has 8 heteroatoms. The zero-order valence-electron chi connectivity index (χ0n) is 12.0. The van der Waals surface area contributed by atoms with Crippen molar-refractivity contribution in [2.45, 2.75) is 32.7 Å². The second kappa shape index (κ2) is 5.49. The molecule has 0 fully saturated rings. The SMILES string of the molecule is CC(C)(C)OC(=O)n1ccc2cc(Br)c(OC(F)(F)F)cc21. The fourth-order valence-corrected chi connectivity index (χ4v) is 2.25. The van der Waals surface area contributed by atoms with Crippen molar-refractivity contribution < 1.29 is 27.4 Å². The first-order chi connectivity index (χ1) is 9.96. The lowest BCUT2D eigenvalue weighted by Gasteiger charge is -2.20. The van der Waals surface area contributed by atoms with Gasteiger partial charge in [0.15, 0.2) is 0 Å². The molecule has 0 amide bonds. The maximum Gasteiger partial charge on any atom is 0.573 e. The minimum atomic E-state index is -4.82. The Morgan fingerprint density at radius 1 is 1.23 bits per heavy atom. The first kappa shape index (κ1) is 16.7. The van der Waals surface area contributed by atoms with Gasteiger partial charge in [-0.15, -0.1) is 13.2 Å². The number of carbonyl (C=O) groups is 1. The number of ether oxygens (including phenoxy) is 2. The molecule has 2 rings (SSSR count). The molecule has 1 aromatic heterocycles. The van der Waals surface area contributed by atoms with Crippen LogP contribution in [-0.2, 0) is 4.74 Å². The topological polar surface area (TPSA) is 40.5 Å². The van der Waals surface area contributed by atoms with E-state index < -0.39 is 23.8 Å². The van der Waals surface area contributed by atoms with Crippen LogP contribution in [0.3, 0.4) is 0 Å². The Morgan fingerprint density at radius 2 is 1.86 bits per heavy atom. The molecule has 0 saturated heterocycles. The Hall–Kier alpha value is -1.70. The molecule has 0 aliphatic heterocycles. The summed E-state index contributed by atoms with van der Waals surface area (Å²) in [5, 5.41) is 0.576. The number of fused-ring (bicyclic) bond motifs is 1. The van der Waals surface area contributed by atoms with Gasteiger partial charge < -0.3 is 9.47 Å². The highest BCUT2D eigenvalue weighted by molar-refractivity contribution is 9.10. The number of rotatable bonds is 1. The molecule has 4 nitrogen and oxygen atoms in total. The van der Waals surface area contributed by atoms with Crippen LogP contribution in [0.25, 0.3) is 10.9 Å². The molecule has 0 bridgehead atoms. The zero-order valence-corrected chi connectivity index (χ0v) is 13.6. The first-order valence-corrected chi connectivity index (χ1v) is 7.05. The zero-order chi connectivity index (χ0) is 16.7. The molecule has 0 aliphatic rings. The highest BCUT2D eigenvalue weighted by atomic mass is 79.9. The molecule has 0 unspecified atom stereocenters. The van der Waals surface area contributed by atoms with Gasteiger partial charge in [-0.3, -0.25) is 4.57 Å². The van der Waals surface area contributed by atoms with E-state index in [0.29, 0.717) is 5.39 Å². The Bertz CT molecular complexity index is 716. The van der Waals surface area contributed by atoms with Gasteiger partial charge in [0, 0.05) is 17.6 Å². The molecule has 0 radical (unpaired) electrons. The number of nitrogens with zero attached hydrogens (tertiary/aromatic N) is 1. The van der Waals surface area contributed by atoms with Crippen molar-refractivity contribution in [2.75, 3.05) is 0 Å². The van der Waals surface area contributed by atoms with Crippen molar-refractivity contribution in [3.8, 4) is 5.75 Å². The molecule has 1 aromatic carbocycles. The first-order valence-electron chi connectivity index (χ1n) is 6.26. The molecule has 120 valence electrons. The molecular weight excluding hydrogens is 367 g/mol. The number of hydrogen-bond acceptors (Lipinski definition) is 3. The summed E-state index contributed by atoms with van der Waals surface area (Å²) >= 11 is 3.01. The van der Waals surface area contributed by atoms with E-state index >= 15 is 0 Å². The fourth-order valence-electron chi connectivity index (χ4n) is 1.81. The van der Waals surface area contributed by atoms with E-state index in [9.17, 15) is 18.0 Å². The summed E-state index contributed by atoms with van der Waals surface area (Å²) in [5.41, 5.74) is -0.453. The predicted molar refractivity (Wildman–Crippen MR) is 78.0 cm³/mol. The second-order valence-electron chi connectivity index (χ2n) is 5.56. The molecule has 0 saturated carbocycles. The van der Waals surface area contributed by atoms with Gasteiger partial charge in [0.05, 0.1) is 9.99 Å². The van der Waals surface area contributed by atoms with Crippen molar-refractivity contribution in [3.63, 3.8) is 0 Å². The highest BCUT2D eigenvalue weighted by Gasteiger charge is 2.32. The minimum Gasteiger partial charge on any atom is -0.443 e. The minimum absolute atomic E-state index is 0.138. The monoisotopic (exact) mass is 379 g/mol. The molecule has 0 N–H and O–H groups in total. The van der Waals surface area contributed by atoms with E-state index in [2.05, 4.69) is 20.7 Å². The van der Waals surface area contributed by atoms with Gasteiger partial charge >= 0.3 is 12.5 Å². The standard InChI is InChI=1S/C14H13BrF3NO3/c1-13(2,3)22-12(20)19-5-4-8-6-9(15)11(7-10(8)19)21-14(16,17)18/h4-7H,1-3H3. The third kappa shape index (κ3) is 3.94. The number of alkyl halides is 3. The number of halogens is 4. The Kier molecular flexibility index (Phi) is 4.16. The van der Waals surface area contributed by atoms with E-state index in [4.69, 9.17) is 4.74 Å². The van der Waals surface area contributed by atoms with Crippen LogP contribution in [0.2, 0.25) is 0 Å². The van der Waals surface area contributed by atoms with Gasteiger partial charge in [-0.25, -0.2) is 4.79 Å². The van der Waals surface area contributed by atoms with Crippen LogP contribution in [0.5, 0.6) is 5.75 Å². The average Bonchev–Trinajstić information content (AvgIpc) is 2.68. The average molecular weight is 380 g/mol. The maximum atomic E-state index is 12.4. The number of aromatic nitrogens is 1. The van der Waals surface area contributed by atoms with Crippen LogP contribution in [0.4, 0.5) is 18.0 Å². The normalized spacial score (nSPS) is 12.5. The van der Waals surface area contributed by atoms with Crippen LogP contribution in [0.1, 0.15) is 20.8 Å². The van der Waals surface area contributed by atoms with Crippen molar-refractivity contribution in [1.82, 2.24) is 4.57 Å². The van der Waals surface area contributed by atoms with Crippen LogP contribution < -0.4 is 4.74 Å². The maximum absolute atomic E-state index is 12.4. The summed E-state index contributed by atoms with van der Waals surface area (Å²) < 4.78 is 47.6. The molecule has 1 heterocycles. The lowest BCUT2D eigenvalue weighted by atomic mass is 10.2. The smallest absolute Gasteiger partial charge is 0.443 e. The van der Waals surface area contributed by atoms with Crippen LogP contribution in [-0.4, -0.2) is 22.6 Å². The van der Waals surface area contributed by atoms with Gasteiger partial charge in [0.1, 0.15) is 11.4 Å². The molecule has 0 spiro atoms. The van der Waals surface area contributed by atoms with Gasteiger partial charge in [-0.2, -0.15) is 0 Å². The quantitative estimate of drug-likeness (QED) is 0.693. The highest BCUT2D eigenvalue weighted by Crippen LogP contribution is 2.34. The van der Waals surface area contributed by atoms with Crippen LogP contribution >= 0.6 is 15.9 Å². The summed E-state index contributed by atoms with van der Waals surface area (Å²) in [5.74, 6) is -0.427. The Morgan fingerprint density at radius 3 is 2.41 bits per heavy atom. The summed E-state index contributed by atoms with van der Waals surface area (Å²) in [7, 11) is 0. The predicted octanol–water partition coefficient (Wildman–Crippen LogP) is 5.09.